The first-order chi connectivity index (χ1) is 17.2. The van der Waals surface area contributed by atoms with E-state index in [1.807, 2.05) is 23.7 Å². The van der Waals surface area contributed by atoms with Gasteiger partial charge in [0.05, 0.1) is 19.8 Å². The summed E-state index contributed by atoms with van der Waals surface area (Å²) in [6.45, 7) is 2.09. The van der Waals surface area contributed by atoms with Crippen molar-refractivity contribution in [2.75, 3.05) is 24.7 Å². The highest BCUT2D eigenvalue weighted by atomic mass is 35.5. The van der Waals surface area contributed by atoms with Crippen LogP contribution in [0.25, 0.3) is 0 Å². The number of anilines is 1. The van der Waals surface area contributed by atoms with Crippen molar-refractivity contribution in [3.63, 3.8) is 0 Å². The molecular formula is C25H25ClF2N6O2. The molecular weight excluding hydrogens is 490 g/mol. The van der Waals surface area contributed by atoms with Crippen molar-refractivity contribution in [2.24, 2.45) is 13.0 Å². The Morgan fingerprint density at radius 2 is 2.06 bits per heavy atom. The number of carbonyl (C=O) groups is 1. The highest BCUT2D eigenvalue weighted by molar-refractivity contribution is 6.29. The first kappa shape index (κ1) is 23.4. The molecule has 1 atom stereocenters. The molecule has 1 saturated carbocycles. The van der Waals surface area contributed by atoms with E-state index in [0.29, 0.717) is 44.1 Å². The molecule has 188 valence electrons. The normalized spacial score (nSPS) is 21.4. The van der Waals surface area contributed by atoms with Crippen LogP contribution in [0.15, 0.2) is 36.7 Å². The van der Waals surface area contributed by atoms with Crippen molar-refractivity contribution in [3.8, 4) is 0 Å². The van der Waals surface area contributed by atoms with Crippen LogP contribution in [0.5, 0.6) is 0 Å². The Kier molecular flexibility index (Phi) is 5.58. The van der Waals surface area contributed by atoms with Crippen LogP contribution < -0.4 is 10.2 Å². The number of alkyl halides is 2. The van der Waals surface area contributed by atoms with E-state index in [0.717, 1.165) is 22.5 Å². The molecule has 0 spiro atoms. The molecule has 0 bridgehead atoms. The fourth-order valence-electron chi connectivity index (χ4n) is 4.96. The number of rotatable bonds is 8. The van der Waals surface area contributed by atoms with Gasteiger partial charge in [0.15, 0.2) is 0 Å². The summed E-state index contributed by atoms with van der Waals surface area (Å²) in [7, 11) is 1.91. The second-order valence-corrected chi connectivity index (χ2v) is 10.4. The smallest absolute Gasteiger partial charge is 0.260 e. The maximum absolute atomic E-state index is 13.4. The Balaban J connectivity index is 1.20. The Hall–Kier alpha value is -2.95. The molecule has 1 saturated heterocycles. The van der Waals surface area contributed by atoms with Gasteiger partial charge in [-0.15, -0.1) is 10.2 Å². The molecule has 3 aromatic rings. The van der Waals surface area contributed by atoms with Crippen molar-refractivity contribution >= 4 is 23.3 Å². The fourth-order valence-corrected chi connectivity index (χ4v) is 5.19. The summed E-state index contributed by atoms with van der Waals surface area (Å²) in [6.07, 6.45) is 2.27. The van der Waals surface area contributed by atoms with Crippen LogP contribution in [-0.4, -0.2) is 51.3 Å². The molecule has 3 aliphatic rings. The Morgan fingerprint density at radius 3 is 2.72 bits per heavy atom. The zero-order chi connectivity index (χ0) is 25.1. The summed E-state index contributed by atoms with van der Waals surface area (Å²) in [5.41, 5.74) is 3.11. The highest BCUT2D eigenvalue weighted by Crippen LogP contribution is 2.48. The van der Waals surface area contributed by atoms with Crippen molar-refractivity contribution in [1.82, 2.24) is 25.1 Å². The van der Waals surface area contributed by atoms with Crippen LogP contribution in [0.2, 0.25) is 5.15 Å². The number of hydrogen-bond acceptors (Lipinski definition) is 6. The van der Waals surface area contributed by atoms with Gasteiger partial charge in [-0.2, -0.15) is 0 Å². The van der Waals surface area contributed by atoms with Gasteiger partial charge >= 0.3 is 0 Å². The van der Waals surface area contributed by atoms with Crippen molar-refractivity contribution < 1.29 is 18.3 Å². The van der Waals surface area contributed by atoms with Crippen molar-refractivity contribution in [2.45, 2.75) is 37.3 Å². The number of halogens is 3. The minimum Gasteiger partial charge on any atom is -0.379 e. The molecule has 4 heterocycles. The zero-order valence-corrected chi connectivity index (χ0v) is 20.4. The minimum absolute atomic E-state index is 0.0725. The fraction of sp³-hybridized carbons (Fsp3) is 0.440. The van der Waals surface area contributed by atoms with Crippen LogP contribution in [-0.2, 0) is 36.7 Å². The number of ether oxygens (including phenoxy) is 1. The summed E-state index contributed by atoms with van der Waals surface area (Å²) >= 11 is 6.25. The second-order valence-electron chi connectivity index (χ2n) is 10.0. The standard InChI is InChI=1S/C25H25ClF2N6O2/c1-33-14-30-32-22(33)8-24(12-36-13-24)17-3-2-16-11-34(23(35)19(16)6-17)21-5-15(4-20(26)31-21)9-29-10-18-7-25(18,27)28/h2-6,14,18,29H,7-13H2,1H3. The van der Waals surface area contributed by atoms with Crippen molar-refractivity contribution in [3.05, 3.63) is 69.9 Å². The number of aryl methyl sites for hydroxylation is 1. The number of carbonyl (C=O) groups excluding carboxylic acids is 1. The lowest BCUT2D eigenvalue weighted by Crippen LogP contribution is -2.49. The van der Waals surface area contributed by atoms with Gasteiger partial charge in [0.1, 0.15) is 23.1 Å². The van der Waals surface area contributed by atoms with Crippen LogP contribution >= 0.6 is 11.6 Å². The topological polar surface area (TPSA) is 85.2 Å². The summed E-state index contributed by atoms with van der Waals surface area (Å²) in [6, 6.07) is 9.47. The van der Waals surface area contributed by atoms with Gasteiger partial charge in [0.25, 0.3) is 11.8 Å². The molecule has 2 aromatic heterocycles. The van der Waals surface area contributed by atoms with Gasteiger partial charge in [0, 0.05) is 49.9 Å². The van der Waals surface area contributed by atoms with E-state index in [1.165, 1.54) is 0 Å². The summed E-state index contributed by atoms with van der Waals surface area (Å²) in [5.74, 6) is -2.01. The molecule has 2 fully saturated rings. The van der Waals surface area contributed by atoms with Gasteiger partial charge in [0.2, 0.25) is 0 Å². The molecule has 36 heavy (non-hydrogen) atoms. The highest BCUT2D eigenvalue weighted by Gasteiger charge is 2.56. The molecule has 6 rings (SSSR count). The Bertz CT molecular complexity index is 1340. The van der Waals surface area contributed by atoms with E-state index in [1.54, 1.807) is 23.4 Å². The number of benzene rings is 1. The lowest BCUT2D eigenvalue weighted by atomic mass is 9.75. The zero-order valence-electron chi connectivity index (χ0n) is 19.7. The Morgan fingerprint density at radius 1 is 1.25 bits per heavy atom. The van der Waals surface area contributed by atoms with E-state index in [-0.39, 0.29) is 29.4 Å². The van der Waals surface area contributed by atoms with Crippen LogP contribution in [0.1, 0.15) is 39.3 Å². The quantitative estimate of drug-likeness (QED) is 0.464. The van der Waals surface area contributed by atoms with Gasteiger partial charge in [-0.3, -0.25) is 9.69 Å². The average molecular weight is 515 g/mol. The number of pyridine rings is 1. The lowest BCUT2D eigenvalue weighted by Gasteiger charge is -2.41. The summed E-state index contributed by atoms with van der Waals surface area (Å²) in [4.78, 5) is 19.4. The van der Waals surface area contributed by atoms with Crippen LogP contribution in [0, 0.1) is 5.92 Å². The number of amides is 1. The predicted octanol–water partition coefficient (Wildman–Crippen LogP) is 3.28. The number of nitrogens with zero attached hydrogens (tertiary/aromatic N) is 5. The second kappa shape index (κ2) is 8.57. The van der Waals surface area contributed by atoms with E-state index in [2.05, 4.69) is 26.6 Å². The predicted molar refractivity (Wildman–Crippen MR) is 128 cm³/mol. The van der Waals surface area contributed by atoms with E-state index < -0.39 is 11.8 Å². The van der Waals surface area contributed by atoms with Crippen LogP contribution in [0.4, 0.5) is 14.6 Å². The number of aromatic nitrogens is 4. The largest absolute Gasteiger partial charge is 0.379 e. The van der Waals surface area contributed by atoms with Gasteiger partial charge < -0.3 is 14.6 Å². The van der Waals surface area contributed by atoms with E-state index in [4.69, 9.17) is 16.3 Å². The Labute approximate surface area is 211 Å². The average Bonchev–Trinajstić information content (AvgIpc) is 3.09. The molecule has 2 aliphatic heterocycles. The first-order valence-electron chi connectivity index (χ1n) is 11.8. The van der Waals surface area contributed by atoms with E-state index in [9.17, 15) is 13.6 Å². The van der Waals surface area contributed by atoms with Gasteiger partial charge in [-0.1, -0.05) is 23.7 Å². The third-order valence-electron chi connectivity index (χ3n) is 7.38. The molecule has 0 radical (unpaired) electrons. The maximum atomic E-state index is 13.4. The molecule has 1 N–H and O–H groups in total. The maximum Gasteiger partial charge on any atom is 0.260 e. The number of fused-ring (bicyclic) bond motifs is 1. The molecule has 1 aromatic carbocycles. The lowest BCUT2D eigenvalue weighted by molar-refractivity contribution is -0.0611. The number of nitrogens with one attached hydrogen (secondary N) is 1. The molecule has 1 unspecified atom stereocenters. The summed E-state index contributed by atoms with van der Waals surface area (Å²) in [5, 5.41) is 11.5. The van der Waals surface area contributed by atoms with E-state index >= 15 is 0 Å². The monoisotopic (exact) mass is 514 g/mol. The van der Waals surface area contributed by atoms with Crippen molar-refractivity contribution in [1.29, 1.82) is 0 Å². The molecule has 1 aliphatic carbocycles. The molecule has 1 amide bonds. The third-order valence-corrected chi connectivity index (χ3v) is 7.57. The van der Waals surface area contributed by atoms with Gasteiger partial charge in [-0.25, -0.2) is 13.8 Å². The third kappa shape index (κ3) is 4.16. The minimum atomic E-state index is -2.56. The SMILES string of the molecule is Cn1cnnc1CC1(c2ccc3c(c2)C(=O)N(c2cc(CNCC4CC4(F)F)cc(Cl)n2)C3)COC1. The summed E-state index contributed by atoms with van der Waals surface area (Å²) < 4.78 is 33.8. The molecule has 8 nitrogen and oxygen atoms in total. The molecule has 11 heteroatoms. The van der Waals surface area contributed by atoms with Crippen LogP contribution in [0.3, 0.4) is 0 Å². The first-order valence-corrected chi connectivity index (χ1v) is 12.2. The van der Waals surface area contributed by atoms with Gasteiger partial charge in [-0.05, 0) is 34.9 Å². The number of hydrogen-bond donors (Lipinski definition) is 1.